The number of alkyl carbamates (subject to hydrolysis) is 1. The van der Waals surface area contributed by atoms with Crippen molar-refractivity contribution in [3.8, 4) is 0 Å². The monoisotopic (exact) mass is 691 g/mol. The van der Waals surface area contributed by atoms with Gasteiger partial charge in [-0.25, -0.2) is 19.0 Å². The lowest BCUT2D eigenvalue weighted by Gasteiger charge is -2.26. The first-order valence-corrected chi connectivity index (χ1v) is 14.8. The van der Waals surface area contributed by atoms with Gasteiger partial charge in [0, 0.05) is 11.8 Å². The zero-order chi connectivity index (χ0) is 31.0. The smallest absolute Gasteiger partial charge is 0.419 e. The summed E-state index contributed by atoms with van der Waals surface area (Å²) < 4.78 is 17.9. The molecule has 1 heterocycles. The van der Waals surface area contributed by atoms with Crippen molar-refractivity contribution in [3.63, 3.8) is 0 Å². The third-order valence-electron chi connectivity index (χ3n) is 6.68. The van der Waals surface area contributed by atoms with E-state index in [4.69, 9.17) is 14.2 Å². The quantitative estimate of drug-likeness (QED) is 0.162. The van der Waals surface area contributed by atoms with Crippen LogP contribution in [-0.2, 0) is 36.8 Å². The zero-order valence-corrected chi connectivity index (χ0v) is 26.9. The molecule has 3 rings (SSSR count). The molecule has 0 aliphatic carbocycles. The van der Waals surface area contributed by atoms with Crippen molar-refractivity contribution < 1.29 is 33.4 Å². The van der Waals surface area contributed by atoms with Crippen molar-refractivity contribution in [1.29, 1.82) is 0 Å². The summed E-state index contributed by atoms with van der Waals surface area (Å²) in [4.78, 5) is 52.3. The minimum Gasteiger partial charge on any atom is -0.467 e. The topological polar surface area (TPSA) is 125 Å². The van der Waals surface area contributed by atoms with Gasteiger partial charge in [0.1, 0.15) is 24.3 Å². The highest BCUT2D eigenvalue weighted by molar-refractivity contribution is 14.1. The van der Waals surface area contributed by atoms with Gasteiger partial charge >= 0.3 is 18.2 Å². The van der Waals surface area contributed by atoms with Crippen molar-refractivity contribution >= 4 is 57.6 Å². The summed E-state index contributed by atoms with van der Waals surface area (Å²) in [7, 11) is 1.26. The van der Waals surface area contributed by atoms with E-state index in [2.05, 4.69) is 10.6 Å². The number of methoxy groups -OCH3 is 1. The van der Waals surface area contributed by atoms with Crippen LogP contribution in [0.4, 0.5) is 9.59 Å². The highest BCUT2D eigenvalue weighted by atomic mass is 127. The highest BCUT2D eigenvalue weighted by Crippen LogP contribution is 2.29. The van der Waals surface area contributed by atoms with E-state index in [1.165, 1.54) is 11.7 Å². The molecule has 0 bridgehead atoms. The number of nitrogens with zero attached hydrogens (tertiary/aromatic N) is 1. The van der Waals surface area contributed by atoms with Gasteiger partial charge in [0.15, 0.2) is 0 Å². The molecule has 0 saturated heterocycles. The summed E-state index contributed by atoms with van der Waals surface area (Å²) in [5, 5.41) is 6.14. The average Bonchev–Trinajstić information content (AvgIpc) is 3.23. The third-order valence-corrected chi connectivity index (χ3v) is 7.82. The molecule has 2 aromatic carbocycles. The summed E-state index contributed by atoms with van der Waals surface area (Å²) in [5.74, 6) is -1.39. The van der Waals surface area contributed by atoms with Crippen LogP contribution < -0.4 is 10.6 Å². The van der Waals surface area contributed by atoms with Gasteiger partial charge in [-0.3, -0.25) is 4.79 Å². The van der Waals surface area contributed by atoms with Gasteiger partial charge in [-0.05, 0) is 66.5 Å². The fourth-order valence-corrected chi connectivity index (χ4v) is 5.31. The maximum atomic E-state index is 13.7. The lowest BCUT2D eigenvalue weighted by atomic mass is 9.98. The van der Waals surface area contributed by atoms with Gasteiger partial charge in [0.2, 0.25) is 5.91 Å². The number of aromatic nitrogens is 1. The Hall–Kier alpha value is -3.61. The SMILES string of the molecule is CC[C@H](C)[C@H](NC(=O)[C@H](Cc1c(I)n(C(=O)OCc2ccccc2)c2ccccc12)NC(=O)OC(C)(C)C)C(=O)OC. The summed E-state index contributed by atoms with van der Waals surface area (Å²) >= 11 is 2.05. The molecule has 3 atom stereocenters. The van der Waals surface area contributed by atoms with Crippen molar-refractivity contribution in [2.75, 3.05) is 7.11 Å². The van der Waals surface area contributed by atoms with E-state index in [0.29, 0.717) is 26.6 Å². The molecule has 1 aromatic heterocycles. The first-order valence-electron chi connectivity index (χ1n) is 13.7. The molecular weight excluding hydrogens is 653 g/mol. The Morgan fingerprint density at radius 2 is 1.62 bits per heavy atom. The third kappa shape index (κ3) is 8.46. The number of benzene rings is 2. The largest absolute Gasteiger partial charge is 0.467 e. The number of nitrogens with one attached hydrogen (secondary N) is 2. The van der Waals surface area contributed by atoms with E-state index in [9.17, 15) is 19.2 Å². The van der Waals surface area contributed by atoms with Gasteiger partial charge in [-0.15, -0.1) is 0 Å². The molecule has 226 valence electrons. The molecule has 11 heteroatoms. The summed E-state index contributed by atoms with van der Waals surface area (Å²) in [6.07, 6.45) is -0.742. The molecular formula is C31H38IN3O7. The summed E-state index contributed by atoms with van der Waals surface area (Å²) in [6.45, 7) is 8.97. The molecule has 0 radical (unpaired) electrons. The number of rotatable bonds is 10. The Morgan fingerprint density at radius 1 is 0.976 bits per heavy atom. The van der Waals surface area contributed by atoms with Crippen LogP contribution in [0, 0.1) is 9.62 Å². The number of para-hydroxylation sites is 1. The van der Waals surface area contributed by atoms with E-state index in [0.717, 1.165) is 5.56 Å². The molecule has 0 aliphatic heterocycles. The van der Waals surface area contributed by atoms with Crippen LogP contribution in [0.15, 0.2) is 54.6 Å². The highest BCUT2D eigenvalue weighted by Gasteiger charge is 2.33. The molecule has 0 spiro atoms. The van der Waals surface area contributed by atoms with Gasteiger partial charge in [-0.1, -0.05) is 68.8 Å². The molecule has 0 saturated carbocycles. The van der Waals surface area contributed by atoms with Crippen LogP contribution in [0.2, 0.25) is 0 Å². The predicted molar refractivity (Wildman–Crippen MR) is 167 cm³/mol. The zero-order valence-electron chi connectivity index (χ0n) is 24.7. The summed E-state index contributed by atoms with van der Waals surface area (Å²) in [5.41, 5.74) is 1.29. The predicted octanol–water partition coefficient (Wildman–Crippen LogP) is 5.57. The molecule has 0 aliphatic rings. The molecule has 42 heavy (non-hydrogen) atoms. The molecule has 10 nitrogen and oxygen atoms in total. The van der Waals surface area contributed by atoms with Crippen molar-refractivity contribution in [2.24, 2.45) is 5.92 Å². The van der Waals surface area contributed by atoms with Gasteiger partial charge in [-0.2, -0.15) is 0 Å². The van der Waals surface area contributed by atoms with Crippen molar-refractivity contribution in [3.05, 3.63) is 69.4 Å². The van der Waals surface area contributed by atoms with Crippen LogP contribution in [0.5, 0.6) is 0 Å². The molecule has 0 unspecified atom stereocenters. The number of hydrogen-bond donors (Lipinski definition) is 2. The Bertz CT molecular complexity index is 1420. The summed E-state index contributed by atoms with van der Waals surface area (Å²) in [6, 6.07) is 14.6. The Morgan fingerprint density at radius 3 is 2.24 bits per heavy atom. The van der Waals surface area contributed by atoms with Gasteiger partial charge < -0.3 is 24.8 Å². The van der Waals surface area contributed by atoms with Crippen LogP contribution in [0.3, 0.4) is 0 Å². The lowest BCUT2D eigenvalue weighted by molar-refractivity contribution is -0.146. The first kappa shape index (κ1) is 32.9. The van der Waals surface area contributed by atoms with Crippen molar-refractivity contribution in [1.82, 2.24) is 15.2 Å². The van der Waals surface area contributed by atoms with Crippen LogP contribution >= 0.6 is 22.6 Å². The minimum absolute atomic E-state index is 0.0111. The number of carbonyl (C=O) groups excluding carboxylic acids is 4. The average molecular weight is 692 g/mol. The second-order valence-electron chi connectivity index (χ2n) is 11.0. The maximum Gasteiger partial charge on any atom is 0.419 e. The van der Waals surface area contributed by atoms with E-state index < -0.39 is 41.7 Å². The standard InChI is InChI=1S/C31H38IN3O7/c1-7-19(2)25(28(37)40-6)34-27(36)23(33-29(38)42-31(3,4)5)17-22-21-15-11-12-16-24(21)35(26(22)32)30(39)41-18-20-13-9-8-10-14-20/h8-16,19,23,25H,7,17-18H2,1-6H3,(H,33,38)(H,34,36)/t19-,23-,25-/m0/s1. The molecule has 0 fully saturated rings. The number of hydrogen-bond acceptors (Lipinski definition) is 7. The Kier molecular flexibility index (Phi) is 11.4. The number of fused-ring (bicyclic) bond motifs is 1. The van der Waals surface area contributed by atoms with E-state index in [1.807, 2.05) is 78.9 Å². The van der Waals surface area contributed by atoms with Gasteiger partial charge in [0.05, 0.1) is 16.3 Å². The van der Waals surface area contributed by atoms with E-state index in [-0.39, 0.29) is 18.9 Å². The number of halogens is 1. The Balaban J connectivity index is 1.97. The minimum atomic E-state index is -1.14. The second-order valence-corrected chi connectivity index (χ2v) is 12.0. The number of carbonyl (C=O) groups is 4. The Labute approximate surface area is 259 Å². The first-order chi connectivity index (χ1) is 19.9. The van der Waals surface area contributed by atoms with Gasteiger partial charge in [0.25, 0.3) is 0 Å². The van der Waals surface area contributed by atoms with Crippen molar-refractivity contribution in [2.45, 2.75) is 71.8 Å². The molecule has 2 amide bonds. The second kappa shape index (κ2) is 14.5. The van der Waals surface area contributed by atoms with Crippen LogP contribution in [0.25, 0.3) is 10.9 Å². The van der Waals surface area contributed by atoms with E-state index in [1.54, 1.807) is 32.9 Å². The number of ether oxygens (including phenoxy) is 3. The fourth-order valence-electron chi connectivity index (χ4n) is 4.35. The maximum absolute atomic E-state index is 13.7. The number of amides is 2. The van der Waals surface area contributed by atoms with E-state index >= 15 is 0 Å². The van der Waals surface area contributed by atoms with Crippen LogP contribution in [0.1, 0.15) is 52.2 Å². The van der Waals surface area contributed by atoms with Crippen LogP contribution in [-0.4, -0.2) is 53.4 Å². The fraction of sp³-hybridized carbons (Fsp3) is 0.419. The number of esters is 1. The molecule has 3 aromatic rings. The molecule has 2 N–H and O–H groups in total. The normalized spacial score (nSPS) is 13.5. The lowest BCUT2D eigenvalue weighted by Crippen LogP contribution is -2.55.